The highest BCUT2D eigenvalue weighted by atomic mass is 32.2. The largest absolute Gasteiger partial charge is 0.460 e. The van der Waals surface area contributed by atoms with Gasteiger partial charge >= 0.3 is 47.6 Å². The molecule has 0 saturated heterocycles. The van der Waals surface area contributed by atoms with Crippen molar-refractivity contribution in [1.29, 1.82) is 0 Å². The Hall–Kier alpha value is -3.00. The van der Waals surface area contributed by atoms with Gasteiger partial charge in [-0.15, -0.1) is 6.58 Å². The molecule has 25 heteroatoms. The van der Waals surface area contributed by atoms with Gasteiger partial charge in [0, 0.05) is 26.6 Å². The monoisotopic (exact) mass is 869 g/mol. The molecule has 0 saturated carbocycles. The second kappa shape index (κ2) is 17.1. The highest BCUT2D eigenvalue weighted by Gasteiger charge is 2.95. The first-order valence-electron chi connectivity index (χ1n) is 15.3. The number of alkyl halides is 17. The third-order valence-electron chi connectivity index (χ3n) is 7.84. The van der Waals surface area contributed by atoms with Crippen molar-refractivity contribution in [2.45, 2.75) is 84.4 Å². The number of hydrogen-bond donors (Lipinski definition) is 0. The van der Waals surface area contributed by atoms with Gasteiger partial charge in [-0.1, -0.05) is 42.5 Å². The summed E-state index contributed by atoms with van der Waals surface area (Å²) in [4.78, 5) is -0.774. The normalized spacial score (nSPS) is 19.8. The van der Waals surface area contributed by atoms with Crippen LogP contribution in [0.1, 0.15) is 12.0 Å². The zero-order valence-electron chi connectivity index (χ0n) is 28.7. The second-order valence-corrected chi connectivity index (χ2v) is 14.0. The zero-order chi connectivity index (χ0) is 43.6. The maximum absolute atomic E-state index is 14.8. The van der Waals surface area contributed by atoms with Gasteiger partial charge in [-0.05, 0) is 24.6 Å². The van der Waals surface area contributed by atoms with Crippen LogP contribution < -0.4 is 0 Å². The summed E-state index contributed by atoms with van der Waals surface area (Å²) in [6.45, 7) is 4.56. The van der Waals surface area contributed by atoms with E-state index in [1.807, 2.05) is 0 Å². The Morgan fingerprint density at radius 1 is 0.804 bits per heavy atom. The number of aryl methyl sites for hydroxylation is 1. The van der Waals surface area contributed by atoms with E-state index < -0.39 is 113 Å². The first-order valence-corrected chi connectivity index (χ1v) is 16.8. The third kappa shape index (κ3) is 9.31. The van der Waals surface area contributed by atoms with Crippen LogP contribution in [-0.2, 0) is 29.0 Å². The van der Waals surface area contributed by atoms with Gasteiger partial charge in [-0.3, -0.25) is 0 Å². The molecule has 0 fully saturated rings. The topological polar surface area (TPSA) is 74.3 Å². The van der Waals surface area contributed by atoms with E-state index >= 15 is 0 Å². The van der Waals surface area contributed by atoms with Gasteiger partial charge in [0.1, 0.15) is 12.2 Å². The number of ether oxygens (including phenoxy) is 4. The standard InChI is InChI=1S/C31H32F17NO6S/c1-5-14-53-17-20-8-11-22(23(52-4)55-20)54-16-19(3)15-49(56(50,51)21-9-6-18(2)7-10-21)13-12-24(32,33)25(34,35)26(36,37)27(38,39)28(40,41)29(42,43)30(44,45)31(46,47)48/h5-11,20,22-23H,1,3,12-17H2,2,4H3/t20-,22+,23-/m0/s1. The van der Waals surface area contributed by atoms with Gasteiger partial charge in [0.2, 0.25) is 10.0 Å². The number of rotatable bonds is 21. The Balaban J connectivity index is 2.43. The molecule has 1 aliphatic heterocycles. The minimum atomic E-state index is -8.79. The van der Waals surface area contributed by atoms with Crippen LogP contribution in [-0.4, -0.2) is 119 Å². The van der Waals surface area contributed by atoms with Crippen molar-refractivity contribution < 1.29 is 102 Å². The molecule has 1 heterocycles. The van der Waals surface area contributed by atoms with Crippen LogP contribution in [0.5, 0.6) is 0 Å². The molecule has 322 valence electrons. The van der Waals surface area contributed by atoms with E-state index in [1.54, 1.807) is 0 Å². The Labute approximate surface area is 307 Å². The van der Waals surface area contributed by atoms with Crippen LogP contribution in [0.15, 0.2) is 66.1 Å². The molecule has 0 spiro atoms. The van der Waals surface area contributed by atoms with Gasteiger partial charge in [0.15, 0.2) is 6.29 Å². The number of methoxy groups -OCH3 is 1. The van der Waals surface area contributed by atoms with Crippen LogP contribution in [0.25, 0.3) is 0 Å². The van der Waals surface area contributed by atoms with Crippen molar-refractivity contribution in [1.82, 2.24) is 4.31 Å². The first-order chi connectivity index (χ1) is 25.2. The number of hydrogen-bond acceptors (Lipinski definition) is 6. The van der Waals surface area contributed by atoms with E-state index in [2.05, 4.69) is 13.2 Å². The Morgan fingerprint density at radius 2 is 1.30 bits per heavy atom. The van der Waals surface area contributed by atoms with Crippen molar-refractivity contribution in [2.75, 3.05) is 40.0 Å². The van der Waals surface area contributed by atoms with Crippen LogP contribution in [0.3, 0.4) is 0 Å². The average Bonchev–Trinajstić information content (AvgIpc) is 3.08. The van der Waals surface area contributed by atoms with E-state index in [9.17, 15) is 83.1 Å². The van der Waals surface area contributed by atoms with E-state index in [0.29, 0.717) is 5.56 Å². The fourth-order valence-electron chi connectivity index (χ4n) is 4.58. The van der Waals surface area contributed by atoms with E-state index in [0.717, 1.165) is 24.3 Å². The molecule has 2 rings (SSSR count). The van der Waals surface area contributed by atoms with E-state index in [1.165, 1.54) is 32.3 Å². The molecule has 1 aliphatic rings. The molecule has 0 amide bonds. The minimum Gasteiger partial charge on any atom is -0.374 e. The van der Waals surface area contributed by atoms with Crippen LogP contribution in [0, 0.1) is 6.92 Å². The molecule has 0 aromatic heterocycles. The average molecular weight is 870 g/mol. The molecular weight excluding hydrogens is 837 g/mol. The molecule has 3 atom stereocenters. The van der Waals surface area contributed by atoms with Crippen molar-refractivity contribution in [3.05, 3.63) is 66.8 Å². The number of sulfonamides is 1. The summed E-state index contributed by atoms with van der Waals surface area (Å²) in [6, 6.07) is 3.98. The quantitative estimate of drug-likeness (QED) is 0.0702. The van der Waals surface area contributed by atoms with Crippen molar-refractivity contribution >= 4 is 10.0 Å². The van der Waals surface area contributed by atoms with Crippen molar-refractivity contribution in [3.63, 3.8) is 0 Å². The molecule has 0 unspecified atom stereocenters. The molecule has 1 aromatic rings. The maximum Gasteiger partial charge on any atom is 0.460 e. The van der Waals surface area contributed by atoms with Gasteiger partial charge in [0.25, 0.3) is 0 Å². The van der Waals surface area contributed by atoms with Crippen molar-refractivity contribution in [3.8, 4) is 0 Å². The maximum atomic E-state index is 14.8. The summed E-state index contributed by atoms with van der Waals surface area (Å²) in [5, 5.41) is 0. The van der Waals surface area contributed by atoms with E-state index in [-0.39, 0.29) is 17.5 Å². The zero-order valence-corrected chi connectivity index (χ0v) is 29.5. The second-order valence-electron chi connectivity index (χ2n) is 12.1. The Kier molecular flexibility index (Phi) is 15.0. The summed E-state index contributed by atoms with van der Waals surface area (Å²) in [7, 11) is -4.00. The third-order valence-corrected chi connectivity index (χ3v) is 9.70. The molecular formula is C31H32F17NO6S. The molecule has 0 aliphatic carbocycles. The molecule has 0 bridgehead atoms. The predicted octanol–water partition coefficient (Wildman–Crippen LogP) is 8.46. The summed E-state index contributed by atoms with van der Waals surface area (Å²) in [5.41, 5.74) is 0.00256. The minimum absolute atomic E-state index is 0.0315. The van der Waals surface area contributed by atoms with Crippen LogP contribution in [0.4, 0.5) is 74.6 Å². The lowest BCUT2D eigenvalue weighted by Crippen LogP contribution is -2.74. The van der Waals surface area contributed by atoms with Gasteiger partial charge in [0.05, 0.1) is 24.7 Å². The highest BCUT2D eigenvalue weighted by Crippen LogP contribution is 2.64. The van der Waals surface area contributed by atoms with Gasteiger partial charge in [-0.25, -0.2) is 8.42 Å². The van der Waals surface area contributed by atoms with Crippen LogP contribution >= 0.6 is 0 Å². The Morgan fingerprint density at radius 3 is 1.79 bits per heavy atom. The number of nitrogens with zero attached hydrogens (tertiary/aromatic N) is 1. The summed E-state index contributed by atoms with van der Waals surface area (Å²) >= 11 is 0. The highest BCUT2D eigenvalue weighted by molar-refractivity contribution is 7.89. The predicted molar refractivity (Wildman–Crippen MR) is 160 cm³/mol. The first kappa shape index (κ1) is 49.1. The van der Waals surface area contributed by atoms with E-state index in [4.69, 9.17) is 18.9 Å². The summed E-state index contributed by atoms with van der Waals surface area (Å²) in [5.74, 6) is -57.8. The lowest BCUT2D eigenvalue weighted by molar-refractivity contribution is -0.461. The lowest BCUT2D eigenvalue weighted by atomic mass is 9.88. The molecule has 0 N–H and O–H groups in total. The summed E-state index contributed by atoms with van der Waals surface area (Å²) in [6.07, 6.45) is -9.47. The lowest BCUT2D eigenvalue weighted by Gasteiger charge is -2.43. The molecule has 1 aromatic carbocycles. The number of benzene rings is 1. The SMILES string of the molecule is C=CCOC[C@@H]1C=C[C@@H](OCC(=C)CN(CCC(F)(F)C(F)(F)C(F)(F)C(F)(F)C(F)(F)C(F)(F)C(F)(F)C(F)(F)F)S(=O)(=O)c2ccc(C)cc2)[C@@H](OC)O1. The molecule has 7 nitrogen and oxygen atoms in total. The van der Waals surface area contributed by atoms with Crippen molar-refractivity contribution in [2.24, 2.45) is 0 Å². The smallest absolute Gasteiger partial charge is 0.374 e. The van der Waals surface area contributed by atoms with Gasteiger partial charge < -0.3 is 18.9 Å². The summed E-state index contributed by atoms with van der Waals surface area (Å²) < 4.78 is 282. The molecule has 56 heavy (non-hydrogen) atoms. The number of halogens is 17. The fraction of sp³-hybridized carbons (Fsp3) is 0.613. The van der Waals surface area contributed by atoms with Gasteiger partial charge in [-0.2, -0.15) is 78.9 Å². The molecule has 0 radical (unpaired) electrons. The van der Waals surface area contributed by atoms with Crippen LogP contribution in [0.2, 0.25) is 0 Å². The Bertz CT molecular complexity index is 1650. The fourth-order valence-corrected chi connectivity index (χ4v) is 6.04.